The highest BCUT2D eigenvalue weighted by molar-refractivity contribution is 5.94. The molecule has 3 N–H and O–H groups in total. The number of halogens is 2. The first-order valence-corrected chi connectivity index (χ1v) is 9.79. The lowest BCUT2D eigenvalue weighted by Gasteiger charge is -2.22. The largest absolute Gasteiger partial charge is 0.477 e. The summed E-state index contributed by atoms with van der Waals surface area (Å²) in [7, 11) is 0. The summed E-state index contributed by atoms with van der Waals surface area (Å²) < 4.78 is 31.9. The molecule has 1 unspecified atom stereocenters. The van der Waals surface area contributed by atoms with Crippen LogP contribution in [0.4, 0.5) is 14.5 Å². The summed E-state index contributed by atoms with van der Waals surface area (Å²) in [5.41, 5.74) is -1.55. The Morgan fingerprint density at radius 2 is 2.03 bits per heavy atom. The molecule has 2 fully saturated rings. The van der Waals surface area contributed by atoms with Crippen LogP contribution >= 0.6 is 0 Å². The number of carbonyl (C=O) groups is 1. The number of nitrogens with zero attached hydrogens (tertiary/aromatic N) is 2. The van der Waals surface area contributed by atoms with Crippen molar-refractivity contribution in [3.8, 4) is 0 Å². The van der Waals surface area contributed by atoms with Gasteiger partial charge in [-0.25, -0.2) is 13.6 Å². The molecule has 0 radical (unpaired) electrons. The van der Waals surface area contributed by atoms with Gasteiger partial charge in [-0.15, -0.1) is 0 Å². The Morgan fingerprint density at radius 3 is 2.69 bits per heavy atom. The Morgan fingerprint density at radius 1 is 1.28 bits per heavy atom. The molecule has 156 valence electrons. The molecule has 2 heterocycles. The number of hydrogen-bond acceptors (Lipinski definition) is 5. The summed E-state index contributed by atoms with van der Waals surface area (Å²) in [5.74, 6) is -2.89. The number of hydrogen-bond donors (Lipinski definition) is 3. The molecule has 1 atom stereocenters. The van der Waals surface area contributed by atoms with Crippen molar-refractivity contribution in [2.45, 2.75) is 25.3 Å². The predicted octanol–water partition coefficient (Wildman–Crippen LogP) is 1.72. The van der Waals surface area contributed by atoms with Crippen LogP contribution < -0.4 is 15.6 Å². The van der Waals surface area contributed by atoms with Crippen molar-refractivity contribution >= 4 is 22.6 Å². The average molecular weight is 407 g/mol. The second kappa shape index (κ2) is 7.72. The number of aliphatic hydroxyl groups is 1. The van der Waals surface area contributed by atoms with E-state index in [9.17, 15) is 19.1 Å². The molecule has 1 aliphatic carbocycles. The second-order valence-corrected chi connectivity index (χ2v) is 7.76. The SMILES string of the molecule is O=C(O)c1cn(C2CC2)c2c(F)c(N3CCC(CNCCO)C3)c(F)cc2c1=O. The van der Waals surface area contributed by atoms with Crippen LogP contribution in [0.3, 0.4) is 0 Å². The number of carboxylic acids is 1. The third-order valence-electron chi connectivity index (χ3n) is 5.68. The molecule has 1 saturated heterocycles. The third kappa shape index (κ3) is 3.60. The summed E-state index contributed by atoms with van der Waals surface area (Å²) >= 11 is 0. The maximum atomic E-state index is 15.5. The summed E-state index contributed by atoms with van der Waals surface area (Å²) in [4.78, 5) is 25.6. The van der Waals surface area contributed by atoms with Gasteiger partial charge in [-0.2, -0.15) is 0 Å². The lowest BCUT2D eigenvalue weighted by molar-refractivity contribution is 0.0694. The van der Waals surface area contributed by atoms with E-state index in [0.717, 1.165) is 25.3 Å². The van der Waals surface area contributed by atoms with Gasteiger partial charge < -0.3 is 25.0 Å². The molecular weight excluding hydrogens is 384 g/mol. The number of fused-ring (bicyclic) bond motifs is 1. The zero-order valence-corrected chi connectivity index (χ0v) is 15.8. The Kier molecular flexibility index (Phi) is 5.26. The molecule has 2 aliphatic rings. The van der Waals surface area contributed by atoms with Crippen LogP contribution in [0.25, 0.3) is 10.9 Å². The highest BCUT2D eigenvalue weighted by Crippen LogP contribution is 2.40. The molecule has 9 heteroatoms. The minimum Gasteiger partial charge on any atom is -0.477 e. The molecule has 0 bridgehead atoms. The Balaban J connectivity index is 1.77. The van der Waals surface area contributed by atoms with Gasteiger partial charge in [0.15, 0.2) is 5.82 Å². The van der Waals surface area contributed by atoms with Gasteiger partial charge in [-0.05, 0) is 37.8 Å². The van der Waals surface area contributed by atoms with E-state index in [4.69, 9.17) is 5.11 Å². The van der Waals surface area contributed by atoms with Crippen LogP contribution in [-0.2, 0) is 0 Å². The second-order valence-electron chi connectivity index (χ2n) is 7.76. The third-order valence-corrected chi connectivity index (χ3v) is 5.68. The molecular formula is C20H23F2N3O4. The van der Waals surface area contributed by atoms with Crippen molar-refractivity contribution in [1.82, 2.24) is 9.88 Å². The van der Waals surface area contributed by atoms with Crippen LogP contribution in [0, 0.1) is 17.6 Å². The summed E-state index contributed by atoms with van der Waals surface area (Å²) in [6.07, 6.45) is 3.45. The molecule has 1 aromatic heterocycles. The quantitative estimate of drug-likeness (QED) is 0.605. The molecule has 0 spiro atoms. The number of aromatic carboxylic acids is 1. The monoisotopic (exact) mass is 407 g/mol. The van der Waals surface area contributed by atoms with Gasteiger partial charge in [-0.1, -0.05) is 0 Å². The van der Waals surface area contributed by atoms with E-state index in [0.29, 0.717) is 26.2 Å². The van der Waals surface area contributed by atoms with Crippen LogP contribution in [0.2, 0.25) is 0 Å². The highest BCUT2D eigenvalue weighted by atomic mass is 19.1. The standard InChI is InChI=1S/C20H23F2N3O4/c21-15-7-13-17(25(12-1-2-12)10-14(19(13)27)20(28)29)16(22)18(15)24-5-3-11(9-24)8-23-4-6-26/h7,10-12,23,26H,1-6,8-9H2,(H,28,29). The number of nitrogens with one attached hydrogen (secondary N) is 1. The van der Waals surface area contributed by atoms with Crippen molar-refractivity contribution in [3.05, 3.63) is 39.7 Å². The van der Waals surface area contributed by atoms with Crippen molar-refractivity contribution in [2.24, 2.45) is 5.92 Å². The molecule has 2 aromatic rings. The molecule has 7 nitrogen and oxygen atoms in total. The van der Waals surface area contributed by atoms with E-state index in [1.54, 1.807) is 4.90 Å². The van der Waals surface area contributed by atoms with E-state index < -0.39 is 28.6 Å². The lowest BCUT2D eigenvalue weighted by Crippen LogP contribution is -2.29. The van der Waals surface area contributed by atoms with E-state index in [-0.39, 0.29) is 35.2 Å². The van der Waals surface area contributed by atoms with Crippen molar-refractivity contribution in [2.75, 3.05) is 37.7 Å². The van der Waals surface area contributed by atoms with Crippen molar-refractivity contribution in [1.29, 1.82) is 0 Å². The first-order valence-electron chi connectivity index (χ1n) is 9.79. The minimum atomic E-state index is -1.41. The lowest BCUT2D eigenvalue weighted by atomic mass is 10.1. The summed E-state index contributed by atoms with van der Waals surface area (Å²) in [6, 6.07) is 0.886. The van der Waals surface area contributed by atoms with Crippen LogP contribution in [0.1, 0.15) is 35.7 Å². The Hall–Kier alpha value is -2.52. The molecule has 1 aliphatic heterocycles. The highest BCUT2D eigenvalue weighted by Gasteiger charge is 2.32. The van der Waals surface area contributed by atoms with Gasteiger partial charge in [0.05, 0.1) is 17.5 Å². The molecule has 1 aromatic carbocycles. The summed E-state index contributed by atoms with van der Waals surface area (Å²) in [5, 5.41) is 21.0. The maximum Gasteiger partial charge on any atom is 0.341 e. The van der Waals surface area contributed by atoms with Gasteiger partial charge in [0.25, 0.3) is 0 Å². The number of carboxylic acid groups (broad SMARTS) is 1. The fraction of sp³-hybridized carbons (Fsp3) is 0.500. The molecule has 4 rings (SSSR count). The number of rotatable bonds is 7. The first kappa shape index (κ1) is 19.8. The minimum absolute atomic E-state index is 0.0271. The predicted molar refractivity (Wildman–Crippen MR) is 104 cm³/mol. The fourth-order valence-electron chi connectivity index (χ4n) is 4.10. The zero-order valence-electron chi connectivity index (χ0n) is 15.8. The van der Waals surface area contributed by atoms with Crippen molar-refractivity contribution < 1.29 is 23.8 Å². The van der Waals surface area contributed by atoms with Gasteiger partial charge in [0.2, 0.25) is 5.43 Å². The smallest absolute Gasteiger partial charge is 0.341 e. The zero-order chi connectivity index (χ0) is 20.7. The topological polar surface area (TPSA) is 94.8 Å². The Bertz CT molecular complexity index is 1020. The van der Waals surface area contributed by atoms with E-state index >= 15 is 4.39 Å². The van der Waals surface area contributed by atoms with E-state index in [1.807, 2.05) is 0 Å². The number of anilines is 1. The Labute approximate surface area is 165 Å². The van der Waals surface area contributed by atoms with Gasteiger partial charge in [0.1, 0.15) is 17.1 Å². The molecule has 0 amide bonds. The maximum absolute atomic E-state index is 15.5. The van der Waals surface area contributed by atoms with E-state index in [2.05, 4.69) is 5.32 Å². The van der Waals surface area contributed by atoms with Crippen LogP contribution in [-0.4, -0.2) is 53.5 Å². The average Bonchev–Trinajstić information content (AvgIpc) is 3.42. The number of aliphatic hydroxyl groups excluding tert-OH is 1. The molecule has 29 heavy (non-hydrogen) atoms. The summed E-state index contributed by atoms with van der Waals surface area (Å²) in [6.45, 7) is 2.07. The number of pyridine rings is 1. The van der Waals surface area contributed by atoms with Crippen LogP contribution in [0.15, 0.2) is 17.1 Å². The van der Waals surface area contributed by atoms with Gasteiger partial charge >= 0.3 is 5.97 Å². The van der Waals surface area contributed by atoms with Crippen LogP contribution in [0.5, 0.6) is 0 Å². The van der Waals surface area contributed by atoms with Crippen molar-refractivity contribution in [3.63, 3.8) is 0 Å². The number of aromatic nitrogens is 1. The first-order chi connectivity index (χ1) is 13.9. The normalized spacial score (nSPS) is 19.3. The fourth-order valence-corrected chi connectivity index (χ4v) is 4.10. The number of benzene rings is 1. The van der Waals surface area contributed by atoms with E-state index in [1.165, 1.54) is 10.8 Å². The molecule has 1 saturated carbocycles. The van der Waals surface area contributed by atoms with Gasteiger partial charge in [0, 0.05) is 31.9 Å². The van der Waals surface area contributed by atoms with Gasteiger partial charge in [-0.3, -0.25) is 4.79 Å².